The van der Waals surface area contributed by atoms with Crippen LogP contribution in [-0.4, -0.2) is 35.5 Å². The third-order valence-corrected chi connectivity index (χ3v) is 5.07. The van der Waals surface area contributed by atoms with Crippen molar-refractivity contribution < 1.29 is 9.90 Å². The van der Waals surface area contributed by atoms with Gasteiger partial charge in [0.15, 0.2) is 0 Å². The minimum Gasteiger partial charge on any atom is -0.387 e. The molecule has 1 aliphatic rings. The Morgan fingerprint density at radius 2 is 1.64 bits per heavy atom. The molecule has 0 radical (unpaired) electrons. The van der Waals surface area contributed by atoms with Crippen LogP contribution < -0.4 is 5.32 Å². The van der Waals surface area contributed by atoms with E-state index >= 15 is 0 Å². The van der Waals surface area contributed by atoms with Crippen molar-refractivity contribution in [3.63, 3.8) is 0 Å². The molecule has 132 valence electrons. The maximum Gasteiger partial charge on any atom is 0.217 e. The molecule has 2 N–H and O–H groups in total. The number of nitrogens with zero attached hydrogens (tertiary/aromatic N) is 1. The van der Waals surface area contributed by atoms with Crippen LogP contribution in [0.25, 0.3) is 0 Å². The highest BCUT2D eigenvalue weighted by molar-refractivity contribution is 5.74. The van der Waals surface area contributed by atoms with Crippen molar-refractivity contribution in [2.24, 2.45) is 0 Å². The van der Waals surface area contributed by atoms with Gasteiger partial charge in [0.25, 0.3) is 0 Å². The normalized spacial score (nSPS) is 18.5. The Labute approximate surface area is 149 Å². The largest absolute Gasteiger partial charge is 0.387 e. The molecule has 1 amide bonds. The predicted molar refractivity (Wildman–Crippen MR) is 99.0 cm³/mol. The van der Waals surface area contributed by atoms with Gasteiger partial charge in [-0.15, -0.1) is 0 Å². The molecular weight excluding hydrogens is 312 g/mol. The lowest BCUT2D eigenvalue weighted by Crippen LogP contribution is -2.53. The first-order valence-corrected chi connectivity index (χ1v) is 8.89. The number of carbonyl (C=O) groups is 1. The number of amides is 1. The average Bonchev–Trinajstić information content (AvgIpc) is 2.64. The molecule has 4 heteroatoms. The predicted octanol–water partition coefficient (Wildman–Crippen LogP) is 2.85. The van der Waals surface area contributed by atoms with Crippen molar-refractivity contribution in [1.29, 1.82) is 0 Å². The van der Waals surface area contributed by atoms with E-state index < -0.39 is 6.10 Å². The van der Waals surface area contributed by atoms with Crippen LogP contribution in [0.3, 0.4) is 0 Å². The fraction of sp³-hybridized carbons (Fsp3) is 0.381. The third kappa shape index (κ3) is 4.27. The molecule has 0 aromatic heterocycles. The highest BCUT2D eigenvalue weighted by Gasteiger charge is 2.37. The van der Waals surface area contributed by atoms with E-state index in [9.17, 15) is 9.90 Å². The molecular formula is C21H26N2O2. The van der Waals surface area contributed by atoms with Crippen LogP contribution in [0.5, 0.6) is 0 Å². The van der Waals surface area contributed by atoms with Crippen molar-refractivity contribution in [2.45, 2.75) is 31.4 Å². The maximum absolute atomic E-state index is 11.8. The molecule has 1 saturated heterocycles. The lowest BCUT2D eigenvalue weighted by molar-refractivity contribution is -0.121. The molecule has 0 spiro atoms. The number of likely N-dealkylation sites (tertiary alicyclic amines) is 1. The van der Waals surface area contributed by atoms with Crippen molar-refractivity contribution >= 4 is 5.91 Å². The zero-order valence-corrected chi connectivity index (χ0v) is 14.7. The summed E-state index contributed by atoms with van der Waals surface area (Å²) in [4.78, 5) is 14.0. The number of aliphatic hydroxyl groups excluding tert-OH is 1. The summed E-state index contributed by atoms with van der Waals surface area (Å²) in [6.45, 7) is 3.89. The van der Waals surface area contributed by atoms with Crippen LogP contribution in [0.2, 0.25) is 0 Å². The van der Waals surface area contributed by atoms with Gasteiger partial charge in [-0.3, -0.25) is 4.79 Å². The average molecular weight is 338 g/mol. The van der Waals surface area contributed by atoms with E-state index in [1.54, 1.807) is 6.92 Å². The molecule has 1 heterocycles. The number of benzene rings is 2. The minimum atomic E-state index is -0.480. The van der Waals surface area contributed by atoms with Gasteiger partial charge in [-0.1, -0.05) is 60.7 Å². The second-order valence-corrected chi connectivity index (χ2v) is 6.86. The quantitative estimate of drug-likeness (QED) is 0.881. The minimum absolute atomic E-state index is 0.00150. The van der Waals surface area contributed by atoms with Crippen LogP contribution in [0.4, 0.5) is 0 Å². The molecule has 1 fully saturated rings. The van der Waals surface area contributed by atoms with Crippen molar-refractivity contribution in [3.8, 4) is 0 Å². The molecule has 0 unspecified atom stereocenters. The van der Waals surface area contributed by atoms with Gasteiger partial charge < -0.3 is 15.3 Å². The first-order valence-electron chi connectivity index (χ1n) is 8.89. The van der Waals surface area contributed by atoms with Gasteiger partial charge in [-0.05, 0) is 24.0 Å². The Morgan fingerprint density at radius 1 is 1.08 bits per heavy atom. The first kappa shape index (κ1) is 17.6. The molecule has 0 bridgehead atoms. The van der Waals surface area contributed by atoms with E-state index in [1.165, 1.54) is 0 Å². The Kier molecular flexibility index (Phi) is 5.51. The number of hydrogen-bond acceptors (Lipinski definition) is 3. The van der Waals surface area contributed by atoms with Crippen molar-refractivity contribution in [3.05, 3.63) is 71.8 Å². The lowest BCUT2D eigenvalue weighted by atomic mass is 9.80. The molecule has 1 atom stereocenters. The second kappa shape index (κ2) is 7.81. The summed E-state index contributed by atoms with van der Waals surface area (Å²) in [5.74, 6) is 0.00150. The standard InChI is InChI=1S/C21H26N2O2/c1-17(24)22-21(19-10-6-3-7-11-19)12-14-23(15-13-21)16-20(25)18-8-4-2-5-9-18/h2-11,20,25H,12-16H2,1H3,(H,22,24)/t20-/m0/s1. The fourth-order valence-electron chi connectivity index (χ4n) is 3.72. The number of hydrogen-bond donors (Lipinski definition) is 2. The van der Waals surface area contributed by atoms with E-state index in [-0.39, 0.29) is 11.4 Å². The number of aliphatic hydroxyl groups is 1. The van der Waals surface area contributed by atoms with E-state index in [0.29, 0.717) is 6.54 Å². The fourth-order valence-corrected chi connectivity index (χ4v) is 3.72. The summed E-state index contributed by atoms with van der Waals surface area (Å²) < 4.78 is 0. The highest BCUT2D eigenvalue weighted by atomic mass is 16.3. The smallest absolute Gasteiger partial charge is 0.217 e. The molecule has 0 saturated carbocycles. The summed E-state index contributed by atoms with van der Waals surface area (Å²) in [5.41, 5.74) is 1.80. The molecule has 2 aromatic rings. The van der Waals surface area contributed by atoms with E-state index in [4.69, 9.17) is 0 Å². The van der Waals surface area contributed by atoms with Crippen LogP contribution in [0, 0.1) is 0 Å². The summed E-state index contributed by atoms with van der Waals surface area (Å²) in [6.07, 6.45) is 1.21. The van der Waals surface area contributed by atoms with Gasteiger partial charge in [0, 0.05) is 26.6 Å². The zero-order valence-electron chi connectivity index (χ0n) is 14.7. The van der Waals surface area contributed by atoms with E-state index in [1.807, 2.05) is 48.5 Å². The Balaban J connectivity index is 1.67. The van der Waals surface area contributed by atoms with Crippen LogP contribution >= 0.6 is 0 Å². The number of rotatable bonds is 5. The first-order chi connectivity index (χ1) is 12.1. The Hall–Kier alpha value is -2.17. The van der Waals surface area contributed by atoms with Crippen LogP contribution in [0.15, 0.2) is 60.7 Å². The molecule has 2 aromatic carbocycles. The van der Waals surface area contributed by atoms with Gasteiger partial charge in [0.05, 0.1) is 11.6 Å². The third-order valence-electron chi connectivity index (χ3n) is 5.07. The number of piperidine rings is 1. The monoisotopic (exact) mass is 338 g/mol. The topological polar surface area (TPSA) is 52.6 Å². The summed E-state index contributed by atoms with van der Waals surface area (Å²) in [5, 5.41) is 13.6. The van der Waals surface area contributed by atoms with Gasteiger partial charge in [0.1, 0.15) is 0 Å². The van der Waals surface area contributed by atoms with Crippen molar-refractivity contribution in [1.82, 2.24) is 10.2 Å². The van der Waals surface area contributed by atoms with E-state index in [0.717, 1.165) is 37.1 Å². The van der Waals surface area contributed by atoms with Crippen LogP contribution in [0.1, 0.15) is 37.0 Å². The SMILES string of the molecule is CC(=O)NC1(c2ccccc2)CCN(C[C@H](O)c2ccccc2)CC1. The number of β-amino-alcohol motifs (C(OH)–C–C–N with tert-alkyl or cyclic N) is 1. The lowest BCUT2D eigenvalue weighted by Gasteiger charge is -2.43. The number of nitrogens with one attached hydrogen (secondary N) is 1. The maximum atomic E-state index is 11.8. The highest BCUT2D eigenvalue weighted by Crippen LogP contribution is 2.33. The molecule has 4 nitrogen and oxygen atoms in total. The molecule has 1 aliphatic heterocycles. The Morgan fingerprint density at radius 3 is 2.20 bits per heavy atom. The van der Waals surface area contributed by atoms with Gasteiger partial charge >= 0.3 is 0 Å². The summed E-state index contributed by atoms with van der Waals surface area (Å²) in [6, 6.07) is 20.0. The van der Waals surface area contributed by atoms with E-state index in [2.05, 4.69) is 22.3 Å². The Bertz CT molecular complexity index is 680. The molecule has 3 rings (SSSR count). The van der Waals surface area contributed by atoms with Gasteiger partial charge in [-0.2, -0.15) is 0 Å². The number of carbonyl (C=O) groups excluding carboxylic acids is 1. The second-order valence-electron chi connectivity index (χ2n) is 6.86. The van der Waals surface area contributed by atoms with Crippen LogP contribution in [-0.2, 0) is 10.3 Å². The summed E-state index contributed by atoms with van der Waals surface area (Å²) >= 11 is 0. The molecule has 0 aliphatic carbocycles. The summed E-state index contributed by atoms with van der Waals surface area (Å²) in [7, 11) is 0. The molecule has 25 heavy (non-hydrogen) atoms. The van der Waals surface area contributed by atoms with Crippen molar-refractivity contribution in [2.75, 3.05) is 19.6 Å². The van der Waals surface area contributed by atoms with Gasteiger partial charge in [0.2, 0.25) is 5.91 Å². The van der Waals surface area contributed by atoms with Gasteiger partial charge in [-0.25, -0.2) is 0 Å². The zero-order chi connectivity index (χ0) is 17.7.